The van der Waals surface area contributed by atoms with E-state index in [0.29, 0.717) is 21.8 Å². The van der Waals surface area contributed by atoms with Gasteiger partial charge in [-0.15, -0.1) is 0 Å². The number of hydrogen-bond acceptors (Lipinski definition) is 2. The number of rotatable bonds is 1. The molecule has 0 unspecified atom stereocenters. The second-order valence-corrected chi connectivity index (χ2v) is 4.41. The van der Waals surface area contributed by atoms with Gasteiger partial charge in [-0.3, -0.25) is 4.79 Å². The molecular weight excluding hydrogens is 248 g/mol. The van der Waals surface area contributed by atoms with E-state index >= 15 is 0 Å². The maximum Gasteiger partial charge on any atom is 0.193 e. The van der Waals surface area contributed by atoms with Crippen molar-refractivity contribution in [3.8, 4) is 11.3 Å². The minimum Gasteiger partial charge on any atom is -0.456 e. The first-order chi connectivity index (χ1) is 8.74. The third-order valence-corrected chi connectivity index (χ3v) is 3.02. The first-order valence-electron chi connectivity index (χ1n) is 5.53. The molecule has 0 saturated carbocycles. The van der Waals surface area contributed by atoms with Crippen molar-refractivity contribution >= 4 is 22.6 Å². The topological polar surface area (TPSA) is 30.2 Å². The summed E-state index contributed by atoms with van der Waals surface area (Å²) in [4.78, 5) is 12.0. The fraction of sp³-hybridized carbons (Fsp3) is 0. The Morgan fingerprint density at radius 3 is 2.44 bits per heavy atom. The molecule has 0 aliphatic carbocycles. The number of para-hydroxylation sites is 1. The van der Waals surface area contributed by atoms with E-state index in [1.165, 1.54) is 6.07 Å². The molecule has 1 aromatic heterocycles. The molecule has 0 aliphatic rings. The number of hydrogen-bond donors (Lipinski definition) is 0. The first kappa shape index (κ1) is 11.1. The van der Waals surface area contributed by atoms with Crippen molar-refractivity contribution < 1.29 is 4.42 Å². The standard InChI is InChI=1S/C15H9ClO2/c16-11-7-5-10(6-8-11)15-9-13(17)12-3-1-2-4-14(12)18-15/h1-9H. The lowest BCUT2D eigenvalue weighted by Gasteiger charge is -2.02. The molecule has 0 saturated heterocycles. The van der Waals surface area contributed by atoms with E-state index in [4.69, 9.17) is 16.0 Å². The zero-order chi connectivity index (χ0) is 12.5. The lowest BCUT2D eigenvalue weighted by Crippen LogP contribution is -1.99. The molecule has 1 heterocycles. The molecule has 88 valence electrons. The van der Waals surface area contributed by atoms with Crippen LogP contribution in [0.1, 0.15) is 0 Å². The van der Waals surface area contributed by atoms with Gasteiger partial charge in [0.25, 0.3) is 0 Å². The molecule has 0 amide bonds. The highest BCUT2D eigenvalue weighted by atomic mass is 35.5. The molecular formula is C15H9ClO2. The van der Waals surface area contributed by atoms with Crippen molar-refractivity contribution in [1.29, 1.82) is 0 Å². The Labute approximate surface area is 108 Å². The molecule has 0 aliphatic heterocycles. The van der Waals surface area contributed by atoms with E-state index < -0.39 is 0 Å². The van der Waals surface area contributed by atoms with Crippen molar-refractivity contribution in [2.24, 2.45) is 0 Å². The number of fused-ring (bicyclic) bond motifs is 1. The van der Waals surface area contributed by atoms with Crippen LogP contribution >= 0.6 is 11.6 Å². The lowest BCUT2D eigenvalue weighted by atomic mass is 10.1. The fourth-order valence-electron chi connectivity index (χ4n) is 1.86. The summed E-state index contributed by atoms with van der Waals surface area (Å²) in [6.45, 7) is 0. The quantitative estimate of drug-likeness (QED) is 0.656. The van der Waals surface area contributed by atoms with E-state index in [1.54, 1.807) is 24.3 Å². The van der Waals surface area contributed by atoms with Crippen LogP contribution in [0.15, 0.2) is 63.8 Å². The van der Waals surface area contributed by atoms with Crippen LogP contribution in [0.2, 0.25) is 5.02 Å². The van der Waals surface area contributed by atoms with E-state index in [-0.39, 0.29) is 5.43 Å². The molecule has 0 N–H and O–H groups in total. The van der Waals surface area contributed by atoms with Crippen LogP contribution in [0.5, 0.6) is 0 Å². The Hall–Kier alpha value is -2.06. The van der Waals surface area contributed by atoms with Gasteiger partial charge in [-0.1, -0.05) is 23.7 Å². The molecule has 3 aromatic rings. The summed E-state index contributed by atoms with van der Waals surface area (Å²) in [6.07, 6.45) is 0. The second kappa shape index (κ2) is 4.31. The molecule has 3 heteroatoms. The van der Waals surface area contributed by atoms with Gasteiger partial charge in [-0.25, -0.2) is 0 Å². The normalized spacial score (nSPS) is 10.7. The molecule has 0 radical (unpaired) electrons. The SMILES string of the molecule is O=c1cc(-c2ccc(Cl)cc2)oc2ccccc12. The van der Waals surface area contributed by atoms with Crippen LogP contribution in [0.4, 0.5) is 0 Å². The Bertz CT molecular complexity index is 757. The van der Waals surface area contributed by atoms with Crippen molar-refractivity contribution in [3.05, 3.63) is 69.8 Å². The van der Waals surface area contributed by atoms with E-state index in [0.717, 1.165) is 5.56 Å². The van der Waals surface area contributed by atoms with Gasteiger partial charge in [0.15, 0.2) is 5.43 Å². The van der Waals surface area contributed by atoms with Gasteiger partial charge in [0.1, 0.15) is 11.3 Å². The Morgan fingerprint density at radius 2 is 1.67 bits per heavy atom. The molecule has 2 aromatic carbocycles. The first-order valence-corrected chi connectivity index (χ1v) is 5.91. The molecule has 0 spiro atoms. The van der Waals surface area contributed by atoms with Gasteiger partial charge >= 0.3 is 0 Å². The smallest absolute Gasteiger partial charge is 0.193 e. The average Bonchev–Trinajstić information content (AvgIpc) is 2.39. The van der Waals surface area contributed by atoms with Crippen molar-refractivity contribution in [1.82, 2.24) is 0 Å². The average molecular weight is 257 g/mol. The van der Waals surface area contributed by atoms with Gasteiger partial charge in [0, 0.05) is 16.7 Å². The highest BCUT2D eigenvalue weighted by molar-refractivity contribution is 6.30. The third-order valence-electron chi connectivity index (χ3n) is 2.76. The van der Waals surface area contributed by atoms with Crippen LogP contribution < -0.4 is 5.43 Å². The van der Waals surface area contributed by atoms with Crippen molar-refractivity contribution in [2.45, 2.75) is 0 Å². The summed E-state index contributed by atoms with van der Waals surface area (Å²) in [6, 6.07) is 15.9. The zero-order valence-electron chi connectivity index (χ0n) is 9.39. The highest BCUT2D eigenvalue weighted by Crippen LogP contribution is 2.23. The van der Waals surface area contributed by atoms with Gasteiger partial charge in [0.2, 0.25) is 0 Å². The minimum atomic E-state index is -0.0400. The van der Waals surface area contributed by atoms with Crippen LogP contribution in [-0.4, -0.2) is 0 Å². The van der Waals surface area contributed by atoms with Crippen molar-refractivity contribution in [3.63, 3.8) is 0 Å². The number of benzene rings is 2. The van der Waals surface area contributed by atoms with Crippen LogP contribution in [0.25, 0.3) is 22.3 Å². The van der Waals surface area contributed by atoms with Crippen molar-refractivity contribution in [2.75, 3.05) is 0 Å². The van der Waals surface area contributed by atoms with Gasteiger partial charge in [-0.2, -0.15) is 0 Å². The molecule has 0 fully saturated rings. The molecule has 0 bridgehead atoms. The molecule has 2 nitrogen and oxygen atoms in total. The Morgan fingerprint density at radius 1 is 0.944 bits per heavy atom. The summed E-state index contributed by atoms with van der Waals surface area (Å²) in [7, 11) is 0. The Kier molecular flexibility index (Phi) is 2.65. The summed E-state index contributed by atoms with van der Waals surface area (Å²) < 4.78 is 5.73. The Balaban J connectivity index is 2.24. The molecule has 3 rings (SSSR count). The maximum atomic E-state index is 12.0. The summed E-state index contributed by atoms with van der Waals surface area (Å²) >= 11 is 5.83. The number of halogens is 1. The van der Waals surface area contributed by atoms with Gasteiger partial charge < -0.3 is 4.42 Å². The largest absolute Gasteiger partial charge is 0.456 e. The van der Waals surface area contributed by atoms with Crippen LogP contribution in [0, 0.1) is 0 Å². The summed E-state index contributed by atoms with van der Waals surface area (Å²) in [5, 5.41) is 1.25. The van der Waals surface area contributed by atoms with E-state index in [2.05, 4.69) is 0 Å². The highest BCUT2D eigenvalue weighted by Gasteiger charge is 2.05. The third kappa shape index (κ3) is 1.91. The van der Waals surface area contributed by atoms with E-state index in [1.807, 2.05) is 24.3 Å². The summed E-state index contributed by atoms with van der Waals surface area (Å²) in [5.74, 6) is 0.551. The summed E-state index contributed by atoms with van der Waals surface area (Å²) in [5.41, 5.74) is 1.39. The van der Waals surface area contributed by atoms with E-state index in [9.17, 15) is 4.79 Å². The van der Waals surface area contributed by atoms with Gasteiger partial charge in [0.05, 0.1) is 5.39 Å². The molecule has 18 heavy (non-hydrogen) atoms. The van der Waals surface area contributed by atoms with Crippen LogP contribution in [-0.2, 0) is 0 Å². The fourth-order valence-corrected chi connectivity index (χ4v) is 1.99. The zero-order valence-corrected chi connectivity index (χ0v) is 10.1. The second-order valence-electron chi connectivity index (χ2n) is 3.98. The minimum absolute atomic E-state index is 0.0400. The lowest BCUT2D eigenvalue weighted by molar-refractivity contribution is 0.619. The maximum absolute atomic E-state index is 12.0. The van der Waals surface area contributed by atoms with Gasteiger partial charge in [-0.05, 0) is 36.4 Å². The van der Waals surface area contributed by atoms with Crippen LogP contribution in [0.3, 0.4) is 0 Å². The predicted octanol–water partition coefficient (Wildman–Crippen LogP) is 4.11. The molecule has 0 atom stereocenters. The predicted molar refractivity (Wildman–Crippen MR) is 72.9 cm³/mol. The monoisotopic (exact) mass is 256 g/mol.